The van der Waals surface area contributed by atoms with E-state index in [-0.39, 0.29) is 22.7 Å². The number of nitrogens with two attached hydrogens (primary N) is 1. The lowest BCUT2D eigenvalue weighted by Crippen LogP contribution is -2.31. The lowest BCUT2D eigenvalue weighted by atomic mass is 10.2. The SMILES string of the molecule is CCCCN1C(=O)c2cccc(N)c2S1(=O)=O. The second-order valence-corrected chi connectivity index (χ2v) is 5.76. The van der Waals surface area contributed by atoms with Crippen LogP contribution in [-0.2, 0) is 10.0 Å². The summed E-state index contributed by atoms with van der Waals surface area (Å²) in [6.07, 6.45) is 1.48. The fraction of sp³-hybridized carbons (Fsp3) is 0.364. The molecule has 1 heterocycles. The van der Waals surface area contributed by atoms with Gasteiger partial charge in [0, 0.05) is 6.54 Å². The summed E-state index contributed by atoms with van der Waals surface area (Å²) >= 11 is 0. The quantitative estimate of drug-likeness (QED) is 0.822. The Morgan fingerprint density at radius 3 is 2.65 bits per heavy atom. The highest BCUT2D eigenvalue weighted by molar-refractivity contribution is 7.90. The number of carbonyl (C=O) groups is 1. The van der Waals surface area contributed by atoms with Crippen LogP contribution in [0.4, 0.5) is 5.69 Å². The molecule has 0 bridgehead atoms. The maximum absolute atomic E-state index is 12.1. The van der Waals surface area contributed by atoms with Gasteiger partial charge in [-0.05, 0) is 18.6 Å². The molecule has 0 saturated carbocycles. The topological polar surface area (TPSA) is 80.5 Å². The molecule has 0 atom stereocenters. The van der Waals surface area contributed by atoms with Crippen LogP contribution in [0.5, 0.6) is 0 Å². The second-order valence-electron chi connectivity index (χ2n) is 3.96. The molecule has 0 aromatic heterocycles. The van der Waals surface area contributed by atoms with Gasteiger partial charge in [0.2, 0.25) is 0 Å². The molecule has 0 spiro atoms. The Kier molecular flexibility index (Phi) is 2.82. The molecule has 1 aromatic carbocycles. The molecule has 0 aliphatic carbocycles. The minimum Gasteiger partial charge on any atom is -0.398 e. The molecule has 0 fully saturated rings. The molecule has 1 aliphatic rings. The molecule has 1 aliphatic heterocycles. The zero-order valence-corrected chi connectivity index (χ0v) is 10.3. The summed E-state index contributed by atoms with van der Waals surface area (Å²) < 4.78 is 25.2. The van der Waals surface area contributed by atoms with Crippen LogP contribution >= 0.6 is 0 Å². The minimum atomic E-state index is -3.74. The Morgan fingerprint density at radius 2 is 2.06 bits per heavy atom. The molecule has 2 rings (SSSR count). The highest BCUT2D eigenvalue weighted by Crippen LogP contribution is 2.34. The molecular weight excluding hydrogens is 240 g/mol. The predicted molar refractivity (Wildman–Crippen MR) is 64.0 cm³/mol. The number of unbranched alkanes of at least 4 members (excludes halogenated alkanes) is 1. The average molecular weight is 254 g/mol. The number of carbonyl (C=O) groups excluding carboxylic acids is 1. The standard InChI is InChI=1S/C11H14N2O3S/c1-2-3-7-13-11(14)8-5-4-6-9(12)10(8)17(13,15)16/h4-6H,2-3,7,12H2,1H3. The van der Waals surface area contributed by atoms with Crippen LogP contribution < -0.4 is 5.73 Å². The van der Waals surface area contributed by atoms with Crippen molar-refractivity contribution in [1.29, 1.82) is 0 Å². The normalized spacial score (nSPS) is 17.2. The third-order valence-corrected chi connectivity index (χ3v) is 4.67. The summed E-state index contributed by atoms with van der Waals surface area (Å²) in [5.41, 5.74) is 5.96. The fourth-order valence-electron chi connectivity index (χ4n) is 1.89. The summed E-state index contributed by atoms with van der Waals surface area (Å²) in [5.74, 6) is -0.472. The van der Waals surface area contributed by atoms with E-state index >= 15 is 0 Å². The van der Waals surface area contributed by atoms with Crippen LogP contribution in [0.3, 0.4) is 0 Å². The first kappa shape index (κ1) is 11.9. The van der Waals surface area contributed by atoms with Crippen molar-refractivity contribution in [2.75, 3.05) is 12.3 Å². The predicted octanol–water partition coefficient (Wildman–Crippen LogP) is 1.21. The molecule has 2 N–H and O–H groups in total. The summed E-state index contributed by atoms with van der Waals surface area (Å²) in [7, 11) is -3.74. The minimum absolute atomic E-state index is 0.0406. The largest absolute Gasteiger partial charge is 0.398 e. The van der Waals surface area contributed by atoms with Crippen molar-refractivity contribution in [3.8, 4) is 0 Å². The van der Waals surface area contributed by atoms with Gasteiger partial charge in [-0.15, -0.1) is 0 Å². The number of hydrogen-bond donors (Lipinski definition) is 1. The van der Waals surface area contributed by atoms with E-state index in [1.165, 1.54) is 12.1 Å². The maximum Gasteiger partial charge on any atom is 0.269 e. The van der Waals surface area contributed by atoms with E-state index in [1.54, 1.807) is 6.07 Å². The number of fused-ring (bicyclic) bond motifs is 1. The Balaban J connectivity index is 2.54. The van der Waals surface area contributed by atoms with Crippen LogP contribution in [-0.4, -0.2) is 25.2 Å². The van der Waals surface area contributed by atoms with Crippen molar-refractivity contribution >= 4 is 21.6 Å². The highest BCUT2D eigenvalue weighted by Gasteiger charge is 2.41. The van der Waals surface area contributed by atoms with Crippen molar-refractivity contribution in [2.24, 2.45) is 0 Å². The first-order chi connectivity index (χ1) is 8.00. The van der Waals surface area contributed by atoms with E-state index in [4.69, 9.17) is 5.73 Å². The third kappa shape index (κ3) is 1.68. The monoisotopic (exact) mass is 254 g/mol. The molecule has 0 radical (unpaired) electrons. The van der Waals surface area contributed by atoms with Crippen LogP contribution in [0.1, 0.15) is 30.1 Å². The Labute approximate surface area is 100 Å². The zero-order valence-electron chi connectivity index (χ0n) is 9.51. The van der Waals surface area contributed by atoms with Crippen LogP contribution in [0.15, 0.2) is 23.1 Å². The molecule has 1 aromatic rings. The summed E-state index contributed by atoms with van der Waals surface area (Å²) in [6.45, 7) is 2.15. The van der Waals surface area contributed by atoms with Crippen molar-refractivity contribution in [1.82, 2.24) is 4.31 Å². The molecular formula is C11H14N2O3S. The van der Waals surface area contributed by atoms with E-state index in [1.807, 2.05) is 6.92 Å². The van der Waals surface area contributed by atoms with Gasteiger partial charge in [-0.3, -0.25) is 4.79 Å². The van der Waals surface area contributed by atoms with Crippen LogP contribution in [0.2, 0.25) is 0 Å². The summed E-state index contributed by atoms with van der Waals surface area (Å²) in [6, 6.07) is 4.58. The van der Waals surface area contributed by atoms with Crippen molar-refractivity contribution < 1.29 is 13.2 Å². The second kappa shape index (κ2) is 4.03. The molecule has 0 saturated heterocycles. The van der Waals surface area contributed by atoms with E-state index in [0.29, 0.717) is 6.42 Å². The fourth-order valence-corrected chi connectivity index (χ4v) is 3.59. The van der Waals surface area contributed by atoms with Crippen LogP contribution in [0.25, 0.3) is 0 Å². The molecule has 0 unspecified atom stereocenters. The van der Waals surface area contributed by atoms with Gasteiger partial charge in [-0.1, -0.05) is 19.4 Å². The van der Waals surface area contributed by atoms with Crippen molar-refractivity contribution in [3.63, 3.8) is 0 Å². The number of hydrogen-bond acceptors (Lipinski definition) is 4. The van der Waals surface area contributed by atoms with Crippen LogP contribution in [0, 0.1) is 0 Å². The van der Waals surface area contributed by atoms with E-state index in [2.05, 4.69) is 0 Å². The van der Waals surface area contributed by atoms with E-state index < -0.39 is 15.9 Å². The summed E-state index contributed by atoms with van der Waals surface area (Å²) in [4.78, 5) is 11.9. The van der Waals surface area contributed by atoms with Gasteiger partial charge >= 0.3 is 0 Å². The van der Waals surface area contributed by atoms with Crippen molar-refractivity contribution in [2.45, 2.75) is 24.7 Å². The third-order valence-electron chi connectivity index (χ3n) is 2.77. The van der Waals surface area contributed by atoms with E-state index in [9.17, 15) is 13.2 Å². The Bertz CT molecular complexity index is 566. The number of rotatable bonds is 3. The average Bonchev–Trinajstić information content (AvgIpc) is 2.46. The lowest BCUT2D eigenvalue weighted by Gasteiger charge is -2.14. The van der Waals surface area contributed by atoms with Gasteiger partial charge in [0.1, 0.15) is 4.90 Å². The lowest BCUT2D eigenvalue weighted by molar-refractivity contribution is 0.0870. The Morgan fingerprint density at radius 1 is 1.35 bits per heavy atom. The molecule has 5 nitrogen and oxygen atoms in total. The van der Waals surface area contributed by atoms with Gasteiger partial charge in [-0.2, -0.15) is 0 Å². The number of benzene rings is 1. The maximum atomic E-state index is 12.1. The highest BCUT2D eigenvalue weighted by atomic mass is 32.2. The number of nitrogens with zero attached hydrogens (tertiary/aromatic N) is 1. The number of anilines is 1. The van der Waals surface area contributed by atoms with E-state index in [0.717, 1.165) is 10.7 Å². The number of sulfonamides is 1. The van der Waals surface area contributed by atoms with Gasteiger partial charge in [0.05, 0.1) is 11.3 Å². The first-order valence-electron chi connectivity index (χ1n) is 5.45. The molecule has 92 valence electrons. The molecule has 6 heteroatoms. The van der Waals surface area contributed by atoms with Gasteiger partial charge < -0.3 is 5.73 Å². The first-order valence-corrected chi connectivity index (χ1v) is 6.89. The van der Waals surface area contributed by atoms with Crippen molar-refractivity contribution in [3.05, 3.63) is 23.8 Å². The van der Waals surface area contributed by atoms with Gasteiger partial charge in [-0.25, -0.2) is 12.7 Å². The molecule has 17 heavy (non-hydrogen) atoms. The number of nitrogen functional groups attached to an aromatic ring is 1. The Hall–Kier alpha value is -1.56. The van der Waals surface area contributed by atoms with Gasteiger partial charge in [0.25, 0.3) is 15.9 Å². The smallest absolute Gasteiger partial charge is 0.269 e. The molecule has 1 amide bonds. The zero-order chi connectivity index (χ0) is 12.6. The summed E-state index contributed by atoms with van der Waals surface area (Å²) in [5, 5.41) is 0. The number of amides is 1. The van der Waals surface area contributed by atoms with Gasteiger partial charge in [0.15, 0.2) is 0 Å².